The van der Waals surface area contributed by atoms with Crippen LogP contribution in [0.4, 0.5) is 0 Å². The van der Waals surface area contributed by atoms with E-state index in [0.29, 0.717) is 19.3 Å². The number of nitrogens with zero attached hydrogens (tertiary/aromatic N) is 2. The van der Waals surface area contributed by atoms with Crippen molar-refractivity contribution >= 4 is 5.91 Å². The predicted octanol–water partition coefficient (Wildman–Crippen LogP) is 2.99. The number of hydrogen-bond acceptors (Lipinski definition) is 4. The summed E-state index contributed by atoms with van der Waals surface area (Å²) < 4.78 is 0. The van der Waals surface area contributed by atoms with Gasteiger partial charge in [0.2, 0.25) is 5.91 Å². The van der Waals surface area contributed by atoms with Crippen LogP contribution in [0.15, 0.2) is 30.3 Å². The van der Waals surface area contributed by atoms with Crippen LogP contribution in [0, 0.1) is 16.7 Å². The zero-order chi connectivity index (χ0) is 19.4. The molecule has 1 aliphatic heterocycles. The molecule has 3 N–H and O–H groups in total. The third-order valence-electron chi connectivity index (χ3n) is 5.16. The molecule has 26 heavy (non-hydrogen) atoms. The van der Waals surface area contributed by atoms with Crippen molar-refractivity contribution in [2.45, 2.75) is 64.6 Å². The zero-order valence-corrected chi connectivity index (χ0v) is 16.5. The lowest BCUT2D eigenvalue weighted by Crippen LogP contribution is -2.60. The average Bonchev–Trinajstić information content (AvgIpc) is 2.61. The third-order valence-corrected chi connectivity index (χ3v) is 5.16. The van der Waals surface area contributed by atoms with Crippen LogP contribution >= 0.6 is 0 Å². The highest BCUT2D eigenvalue weighted by Crippen LogP contribution is 2.35. The maximum atomic E-state index is 13.4. The van der Waals surface area contributed by atoms with Gasteiger partial charge in [-0.2, -0.15) is 5.26 Å². The molecule has 1 aliphatic rings. The minimum absolute atomic E-state index is 0.0509. The number of rotatable bonds is 5. The summed E-state index contributed by atoms with van der Waals surface area (Å²) in [6.45, 7) is 9.69. The number of nitrogens with one attached hydrogen (secondary N) is 1. The van der Waals surface area contributed by atoms with Gasteiger partial charge in [-0.25, -0.2) is 0 Å². The Labute approximate surface area is 157 Å². The standard InChI is InChI=1S/C21H32N4O/c1-16(17-8-6-5-7-9-17)25(19(26)18(23)14-20(2,3)4)21(15-22)10-12-24-13-11-21/h5-9,16,18,24H,10-14,23H2,1-4H3. The highest BCUT2D eigenvalue weighted by atomic mass is 16.2. The van der Waals surface area contributed by atoms with Crippen LogP contribution in [0.1, 0.15) is 58.6 Å². The lowest BCUT2D eigenvalue weighted by molar-refractivity contribution is -0.142. The molecule has 1 heterocycles. The molecule has 2 rings (SSSR count). The van der Waals surface area contributed by atoms with Crippen molar-refractivity contribution in [3.63, 3.8) is 0 Å². The molecule has 142 valence electrons. The Bertz CT molecular complexity index is 638. The number of benzene rings is 1. The maximum absolute atomic E-state index is 13.4. The molecule has 1 amide bonds. The van der Waals surface area contributed by atoms with Gasteiger partial charge < -0.3 is 16.0 Å². The van der Waals surface area contributed by atoms with E-state index < -0.39 is 11.6 Å². The monoisotopic (exact) mass is 356 g/mol. The highest BCUT2D eigenvalue weighted by molar-refractivity contribution is 5.83. The fourth-order valence-corrected chi connectivity index (χ4v) is 3.83. The van der Waals surface area contributed by atoms with Crippen molar-refractivity contribution < 1.29 is 4.79 Å². The molecule has 2 unspecified atom stereocenters. The molecule has 5 nitrogen and oxygen atoms in total. The largest absolute Gasteiger partial charge is 0.320 e. The van der Waals surface area contributed by atoms with Crippen LogP contribution in [0.5, 0.6) is 0 Å². The van der Waals surface area contributed by atoms with Crippen molar-refractivity contribution in [1.82, 2.24) is 10.2 Å². The van der Waals surface area contributed by atoms with Gasteiger partial charge in [-0.3, -0.25) is 4.79 Å². The molecular formula is C21H32N4O. The van der Waals surface area contributed by atoms with Crippen molar-refractivity contribution in [3.8, 4) is 6.07 Å². The summed E-state index contributed by atoms with van der Waals surface area (Å²) in [4.78, 5) is 15.2. The molecule has 2 atom stereocenters. The quantitative estimate of drug-likeness (QED) is 0.850. The molecule has 1 fully saturated rings. The molecule has 1 saturated heterocycles. The van der Waals surface area contributed by atoms with E-state index in [4.69, 9.17) is 5.73 Å². The van der Waals surface area contributed by atoms with Crippen molar-refractivity contribution in [3.05, 3.63) is 35.9 Å². The second-order valence-electron chi connectivity index (χ2n) is 8.56. The Balaban J connectivity index is 2.41. The Morgan fingerprint density at radius 1 is 1.31 bits per heavy atom. The first-order valence-corrected chi connectivity index (χ1v) is 9.46. The normalized spacial score (nSPS) is 19.2. The number of amides is 1. The molecule has 0 spiro atoms. The SMILES string of the molecule is CC(c1ccccc1)N(C(=O)C(N)CC(C)(C)C)C1(C#N)CCNCC1. The van der Waals surface area contributed by atoms with E-state index in [1.165, 1.54) is 0 Å². The molecule has 5 heteroatoms. The van der Waals surface area contributed by atoms with E-state index in [0.717, 1.165) is 18.7 Å². The Morgan fingerprint density at radius 3 is 2.38 bits per heavy atom. The summed E-state index contributed by atoms with van der Waals surface area (Å²) >= 11 is 0. The smallest absolute Gasteiger partial charge is 0.241 e. The van der Waals surface area contributed by atoms with Crippen molar-refractivity contribution in [1.29, 1.82) is 5.26 Å². The molecule has 0 aliphatic carbocycles. The molecular weight excluding hydrogens is 324 g/mol. The fraction of sp³-hybridized carbons (Fsp3) is 0.619. The summed E-state index contributed by atoms with van der Waals surface area (Å²) in [5.41, 5.74) is 6.49. The van der Waals surface area contributed by atoms with E-state index in [9.17, 15) is 10.1 Å². The number of piperidine rings is 1. The van der Waals surface area contributed by atoms with Crippen LogP contribution in [-0.2, 0) is 4.79 Å². The Kier molecular flexibility index (Phi) is 6.44. The Hall–Kier alpha value is -1.90. The summed E-state index contributed by atoms with van der Waals surface area (Å²) in [6.07, 6.45) is 1.83. The first-order valence-electron chi connectivity index (χ1n) is 9.46. The first kappa shape index (κ1) is 20.4. The van der Waals surface area contributed by atoms with Crippen molar-refractivity contribution in [2.75, 3.05) is 13.1 Å². The number of nitrogens with two attached hydrogens (primary N) is 1. The minimum atomic E-state index is -0.812. The van der Waals surface area contributed by atoms with Gasteiger partial charge in [-0.15, -0.1) is 0 Å². The number of carbonyl (C=O) groups is 1. The zero-order valence-electron chi connectivity index (χ0n) is 16.5. The van der Waals surface area contributed by atoms with Gasteiger partial charge >= 0.3 is 0 Å². The van der Waals surface area contributed by atoms with Gasteiger partial charge in [-0.05, 0) is 50.3 Å². The minimum Gasteiger partial charge on any atom is -0.320 e. The molecule has 0 bridgehead atoms. The lowest BCUT2D eigenvalue weighted by atomic mass is 9.83. The molecule has 0 aromatic heterocycles. The van der Waals surface area contributed by atoms with E-state index in [1.807, 2.05) is 37.3 Å². The average molecular weight is 357 g/mol. The lowest BCUT2D eigenvalue weighted by Gasteiger charge is -2.46. The topological polar surface area (TPSA) is 82.2 Å². The highest BCUT2D eigenvalue weighted by Gasteiger charge is 2.45. The summed E-state index contributed by atoms with van der Waals surface area (Å²) in [5.74, 6) is -0.125. The van der Waals surface area contributed by atoms with E-state index >= 15 is 0 Å². The number of nitriles is 1. The number of carbonyl (C=O) groups excluding carboxylic acids is 1. The Morgan fingerprint density at radius 2 is 1.88 bits per heavy atom. The fourth-order valence-electron chi connectivity index (χ4n) is 3.83. The summed E-state index contributed by atoms with van der Waals surface area (Å²) in [7, 11) is 0. The van der Waals surface area contributed by atoms with Gasteiger partial charge in [0.25, 0.3) is 0 Å². The van der Waals surface area contributed by atoms with Gasteiger partial charge in [-0.1, -0.05) is 51.1 Å². The van der Waals surface area contributed by atoms with E-state index in [2.05, 4.69) is 32.2 Å². The second-order valence-corrected chi connectivity index (χ2v) is 8.56. The van der Waals surface area contributed by atoms with Crippen LogP contribution in [0.2, 0.25) is 0 Å². The maximum Gasteiger partial charge on any atom is 0.241 e. The van der Waals surface area contributed by atoms with E-state index in [1.54, 1.807) is 4.90 Å². The number of hydrogen-bond donors (Lipinski definition) is 2. The third kappa shape index (κ3) is 4.63. The van der Waals surface area contributed by atoms with Crippen molar-refractivity contribution in [2.24, 2.45) is 11.1 Å². The van der Waals surface area contributed by atoms with Gasteiger partial charge in [0, 0.05) is 0 Å². The molecule has 1 aromatic rings. The van der Waals surface area contributed by atoms with Gasteiger partial charge in [0.1, 0.15) is 5.54 Å². The predicted molar refractivity (Wildman–Crippen MR) is 104 cm³/mol. The second kappa shape index (κ2) is 8.20. The van der Waals surface area contributed by atoms with Crippen LogP contribution in [0.3, 0.4) is 0 Å². The van der Waals surface area contributed by atoms with Gasteiger partial charge in [0.15, 0.2) is 0 Å². The van der Waals surface area contributed by atoms with Crippen LogP contribution < -0.4 is 11.1 Å². The molecule has 0 saturated carbocycles. The van der Waals surface area contributed by atoms with Crippen LogP contribution in [-0.4, -0.2) is 35.5 Å². The summed E-state index contributed by atoms with van der Waals surface area (Å²) in [6, 6.07) is 11.6. The first-order chi connectivity index (χ1) is 12.2. The van der Waals surface area contributed by atoms with Gasteiger partial charge in [0.05, 0.1) is 18.2 Å². The molecule has 1 aromatic carbocycles. The van der Waals surface area contributed by atoms with Crippen LogP contribution in [0.25, 0.3) is 0 Å². The molecule has 0 radical (unpaired) electrons. The summed E-state index contributed by atoms with van der Waals surface area (Å²) in [5, 5.41) is 13.4. The van der Waals surface area contributed by atoms with E-state index in [-0.39, 0.29) is 17.4 Å².